The summed E-state index contributed by atoms with van der Waals surface area (Å²) in [5.41, 5.74) is 2.48. The lowest BCUT2D eigenvalue weighted by molar-refractivity contribution is 0.796. The molecule has 23 heavy (non-hydrogen) atoms. The average molecular weight is 331 g/mol. The average Bonchev–Trinajstić information content (AvgIpc) is 2.86. The van der Waals surface area contributed by atoms with E-state index in [4.69, 9.17) is 0 Å². The van der Waals surface area contributed by atoms with Crippen LogP contribution in [0.15, 0.2) is 35.3 Å². The first kappa shape index (κ1) is 17.5. The third-order valence-electron chi connectivity index (χ3n) is 3.56. The maximum atomic E-state index is 4.64. The van der Waals surface area contributed by atoms with Gasteiger partial charge in [0.25, 0.3) is 0 Å². The van der Waals surface area contributed by atoms with Gasteiger partial charge in [0.15, 0.2) is 5.96 Å². The van der Waals surface area contributed by atoms with Gasteiger partial charge in [-0.25, -0.2) is 4.98 Å². The van der Waals surface area contributed by atoms with Gasteiger partial charge in [0, 0.05) is 30.9 Å². The number of aliphatic imine (C=N–C) groups is 1. The van der Waals surface area contributed by atoms with Crippen LogP contribution in [0, 0.1) is 13.8 Å². The van der Waals surface area contributed by atoms with Gasteiger partial charge in [0.05, 0.1) is 10.7 Å². The van der Waals surface area contributed by atoms with Crippen molar-refractivity contribution in [1.82, 2.24) is 15.6 Å². The number of rotatable bonds is 7. The van der Waals surface area contributed by atoms with Crippen LogP contribution in [0.2, 0.25) is 0 Å². The Morgan fingerprint density at radius 3 is 2.57 bits per heavy atom. The predicted molar refractivity (Wildman–Crippen MR) is 99.4 cm³/mol. The lowest BCUT2D eigenvalue weighted by Gasteiger charge is -2.11. The molecule has 0 bridgehead atoms. The molecule has 2 aromatic rings. The van der Waals surface area contributed by atoms with Crippen LogP contribution in [-0.4, -0.2) is 30.6 Å². The van der Waals surface area contributed by atoms with Crippen molar-refractivity contribution in [3.05, 3.63) is 51.5 Å². The van der Waals surface area contributed by atoms with Crippen LogP contribution in [0.1, 0.15) is 28.1 Å². The van der Waals surface area contributed by atoms with E-state index < -0.39 is 0 Å². The topological polar surface area (TPSA) is 49.3 Å². The highest BCUT2D eigenvalue weighted by Crippen LogP contribution is 2.16. The van der Waals surface area contributed by atoms with Gasteiger partial charge in [-0.1, -0.05) is 30.3 Å². The second-order valence-corrected chi connectivity index (χ2v) is 6.71. The van der Waals surface area contributed by atoms with Crippen LogP contribution in [0.3, 0.4) is 0 Å². The van der Waals surface area contributed by atoms with E-state index in [2.05, 4.69) is 65.6 Å². The molecule has 1 aromatic heterocycles. The Kier molecular flexibility index (Phi) is 7.07. The molecule has 0 aliphatic heterocycles. The number of nitrogens with one attached hydrogen (secondary N) is 2. The van der Waals surface area contributed by atoms with Crippen LogP contribution in [0.4, 0.5) is 0 Å². The molecular weight excluding hydrogens is 304 g/mol. The minimum atomic E-state index is 0.757. The predicted octanol–water partition coefficient (Wildman–Crippen LogP) is 3.10. The number of nitrogens with zero attached hydrogens (tertiary/aromatic N) is 2. The lowest BCUT2D eigenvalue weighted by atomic mass is 10.1. The maximum absolute atomic E-state index is 4.64. The molecule has 4 nitrogen and oxygen atoms in total. The van der Waals surface area contributed by atoms with Crippen molar-refractivity contribution in [2.24, 2.45) is 4.99 Å². The smallest absolute Gasteiger partial charge is 0.191 e. The van der Waals surface area contributed by atoms with Crippen molar-refractivity contribution in [3.63, 3.8) is 0 Å². The zero-order valence-corrected chi connectivity index (χ0v) is 15.0. The summed E-state index contributed by atoms with van der Waals surface area (Å²) in [5.74, 6) is 0.883. The molecule has 2 N–H and O–H groups in total. The first-order valence-corrected chi connectivity index (χ1v) is 8.99. The van der Waals surface area contributed by atoms with Gasteiger partial charge in [-0.2, -0.15) is 0 Å². The summed E-state index contributed by atoms with van der Waals surface area (Å²) in [6.07, 6.45) is 1.89. The molecule has 0 saturated carbocycles. The zero-order valence-electron chi connectivity index (χ0n) is 14.2. The SMILES string of the molecule is CCNC(=NCCc1nc(C)c(C)s1)NCCc1ccccc1. The highest BCUT2D eigenvalue weighted by molar-refractivity contribution is 7.11. The van der Waals surface area contributed by atoms with Gasteiger partial charge in [-0.15, -0.1) is 11.3 Å². The molecular formula is C18H26N4S. The van der Waals surface area contributed by atoms with E-state index in [0.717, 1.165) is 44.1 Å². The van der Waals surface area contributed by atoms with Gasteiger partial charge in [0.2, 0.25) is 0 Å². The van der Waals surface area contributed by atoms with Gasteiger partial charge >= 0.3 is 0 Å². The normalized spacial score (nSPS) is 11.5. The molecule has 0 atom stereocenters. The maximum Gasteiger partial charge on any atom is 0.191 e. The van der Waals surface area contributed by atoms with Crippen LogP contribution in [0.5, 0.6) is 0 Å². The summed E-state index contributed by atoms with van der Waals surface area (Å²) in [6, 6.07) is 10.5. The van der Waals surface area contributed by atoms with Crippen molar-refractivity contribution in [1.29, 1.82) is 0 Å². The van der Waals surface area contributed by atoms with Crippen molar-refractivity contribution in [3.8, 4) is 0 Å². The fourth-order valence-electron chi connectivity index (χ4n) is 2.22. The highest BCUT2D eigenvalue weighted by Gasteiger charge is 2.03. The van der Waals surface area contributed by atoms with Crippen LogP contribution in [0.25, 0.3) is 0 Å². The fraction of sp³-hybridized carbons (Fsp3) is 0.444. The third kappa shape index (κ3) is 6.02. The summed E-state index contributed by atoms with van der Waals surface area (Å²) in [5, 5.41) is 7.86. The molecule has 0 fully saturated rings. The summed E-state index contributed by atoms with van der Waals surface area (Å²) in [4.78, 5) is 10.5. The fourth-order valence-corrected chi connectivity index (χ4v) is 3.14. The molecule has 2 rings (SSSR count). The van der Waals surface area contributed by atoms with Crippen molar-refractivity contribution in [2.45, 2.75) is 33.6 Å². The van der Waals surface area contributed by atoms with Gasteiger partial charge < -0.3 is 10.6 Å². The highest BCUT2D eigenvalue weighted by atomic mass is 32.1. The van der Waals surface area contributed by atoms with Crippen molar-refractivity contribution >= 4 is 17.3 Å². The standard InChI is InChI=1S/C18H26N4S/c1-4-19-18(20-12-10-16-8-6-5-7-9-16)21-13-11-17-22-14(2)15(3)23-17/h5-9H,4,10-13H2,1-3H3,(H2,19,20,21). The lowest BCUT2D eigenvalue weighted by Crippen LogP contribution is -2.38. The first-order chi connectivity index (χ1) is 11.2. The Labute approximate surface area is 143 Å². The first-order valence-electron chi connectivity index (χ1n) is 8.18. The second kappa shape index (κ2) is 9.30. The van der Waals surface area contributed by atoms with Crippen LogP contribution >= 0.6 is 11.3 Å². The Morgan fingerprint density at radius 2 is 1.91 bits per heavy atom. The quantitative estimate of drug-likeness (QED) is 0.606. The minimum absolute atomic E-state index is 0.757. The Balaban J connectivity index is 1.79. The summed E-state index contributed by atoms with van der Waals surface area (Å²) >= 11 is 1.77. The number of benzene rings is 1. The van der Waals surface area contributed by atoms with E-state index in [1.54, 1.807) is 11.3 Å². The van der Waals surface area contributed by atoms with E-state index >= 15 is 0 Å². The monoisotopic (exact) mass is 330 g/mol. The van der Waals surface area contributed by atoms with E-state index in [1.165, 1.54) is 15.4 Å². The van der Waals surface area contributed by atoms with Gasteiger partial charge in [0.1, 0.15) is 0 Å². The molecule has 0 saturated heterocycles. The third-order valence-corrected chi connectivity index (χ3v) is 4.69. The van der Waals surface area contributed by atoms with E-state index in [-0.39, 0.29) is 0 Å². The molecule has 0 radical (unpaired) electrons. The molecule has 1 aromatic carbocycles. The molecule has 0 spiro atoms. The van der Waals surface area contributed by atoms with Gasteiger partial charge in [-0.05, 0) is 32.8 Å². The molecule has 0 unspecified atom stereocenters. The summed E-state index contributed by atoms with van der Waals surface area (Å²) in [7, 11) is 0. The minimum Gasteiger partial charge on any atom is -0.357 e. The van der Waals surface area contributed by atoms with Crippen LogP contribution < -0.4 is 10.6 Å². The van der Waals surface area contributed by atoms with Gasteiger partial charge in [-0.3, -0.25) is 4.99 Å². The number of aryl methyl sites for hydroxylation is 2. The van der Waals surface area contributed by atoms with E-state index in [0.29, 0.717) is 0 Å². The number of guanidine groups is 1. The summed E-state index contributed by atoms with van der Waals surface area (Å²) in [6.45, 7) is 8.77. The van der Waals surface area contributed by atoms with Crippen molar-refractivity contribution < 1.29 is 0 Å². The van der Waals surface area contributed by atoms with Crippen LogP contribution in [-0.2, 0) is 12.8 Å². The zero-order chi connectivity index (χ0) is 16.5. The number of hydrogen-bond donors (Lipinski definition) is 2. The molecule has 0 aliphatic carbocycles. The van der Waals surface area contributed by atoms with E-state index in [9.17, 15) is 0 Å². The van der Waals surface area contributed by atoms with Crippen molar-refractivity contribution in [2.75, 3.05) is 19.6 Å². The number of thiazole rings is 1. The largest absolute Gasteiger partial charge is 0.357 e. The summed E-state index contributed by atoms with van der Waals surface area (Å²) < 4.78 is 0. The molecule has 0 amide bonds. The molecule has 5 heteroatoms. The van der Waals surface area contributed by atoms with E-state index in [1.807, 2.05) is 6.07 Å². The molecule has 124 valence electrons. The number of aromatic nitrogens is 1. The Morgan fingerprint density at radius 1 is 1.13 bits per heavy atom. The Bertz CT molecular complexity index is 600. The molecule has 0 aliphatic rings. The Hall–Kier alpha value is -1.88. The molecule has 1 heterocycles. The second-order valence-electron chi connectivity index (χ2n) is 5.42. The number of hydrogen-bond acceptors (Lipinski definition) is 3.